The molecule has 4 nitrogen and oxygen atoms in total. The topological polar surface area (TPSA) is 74.6 Å². The monoisotopic (exact) mass is 198 g/mol. The van der Waals surface area contributed by atoms with Gasteiger partial charge in [0.05, 0.1) is 0 Å². The molecule has 0 amide bonds. The Kier molecular flexibility index (Phi) is 4.22. The van der Waals surface area contributed by atoms with Gasteiger partial charge in [-0.2, -0.15) is 8.42 Å². The summed E-state index contributed by atoms with van der Waals surface area (Å²) in [4.78, 5) is -0.472. The van der Waals surface area contributed by atoms with Gasteiger partial charge in [-0.25, -0.2) is 0 Å². The van der Waals surface area contributed by atoms with Gasteiger partial charge >= 0.3 is 29.6 Å². The normalized spacial score (nSPS) is 10.4. The molecule has 1 aromatic rings. The third-order valence-corrected chi connectivity index (χ3v) is 2.04. The van der Waals surface area contributed by atoms with Gasteiger partial charge in [0.2, 0.25) is 0 Å². The van der Waals surface area contributed by atoms with Gasteiger partial charge in [-0.1, -0.05) is 12.1 Å². The Morgan fingerprint density at radius 2 is 1.67 bits per heavy atom. The maximum absolute atomic E-state index is 10.4. The van der Waals surface area contributed by atoms with Crippen LogP contribution in [-0.4, -0.2) is 47.6 Å². The van der Waals surface area contributed by atoms with Crippen molar-refractivity contribution in [2.75, 3.05) is 0 Å². The molecule has 0 atom stereocenters. The number of benzene rings is 1. The average Bonchev–Trinajstić information content (AvgIpc) is 1.86. The Balaban J connectivity index is 0.00000121. The van der Waals surface area contributed by atoms with E-state index in [1.807, 2.05) is 0 Å². The number of para-hydroxylation sites is 1. The summed E-state index contributed by atoms with van der Waals surface area (Å²) >= 11 is 0. The Morgan fingerprint density at radius 1 is 1.17 bits per heavy atom. The Hall–Kier alpha value is -0.0700. The average molecular weight is 198 g/mol. The minimum absolute atomic E-state index is 0. The van der Waals surface area contributed by atoms with E-state index in [1.54, 1.807) is 0 Å². The first kappa shape index (κ1) is 11.9. The number of phenolic OH excluding ortho intramolecular Hbond substituents is 1. The van der Waals surface area contributed by atoms with Crippen molar-refractivity contribution in [2.24, 2.45) is 0 Å². The van der Waals surface area contributed by atoms with Crippen molar-refractivity contribution in [2.45, 2.75) is 4.90 Å². The van der Waals surface area contributed by atoms with Crippen LogP contribution in [0.4, 0.5) is 0 Å². The van der Waals surface area contributed by atoms with Crippen LogP contribution >= 0.6 is 0 Å². The predicted octanol–water partition coefficient (Wildman–Crippen LogP) is -0.00960. The fourth-order valence-corrected chi connectivity index (χ4v) is 1.26. The minimum atomic E-state index is -4.28. The molecule has 0 heterocycles. The van der Waals surface area contributed by atoms with E-state index in [0.29, 0.717) is 0 Å². The van der Waals surface area contributed by atoms with Crippen LogP contribution in [0, 0.1) is 0 Å². The van der Waals surface area contributed by atoms with Crippen LogP contribution in [0.3, 0.4) is 0 Å². The molecular weight excluding hydrogens is 191 g/mol. The SMILES string of the molecule is O=S(=O)(O)c1ccccc1O.[NaH]. The summed E-state index contributed by atoms with van der Waals surface area (Å²) in [6.07, 6.45) is 0. The molecule has 0 unspecified atom stereocenters. The van der Waals surface area contributed by atoms with Crippen molar-refractivity contribution in [1.29, 1.82) is 0 Å². The van der Waals surface area contributed by atoms with Crippen molar-refractivity contribution < 1.29 is 18.1 Å². The molecule has 0 saturated heterocycles. The summed E-state index contributed by atoms with van der Waals surface area (Å²) in [6, 6.07) is 5.17. The molecule has 1 aromatic carbocycles. The summed E-state index contributed by atoms with van der Waals surface area (Å²) in [5.74, 6) is -0.449. The maximum atomic E-state index is 10.4. The van der Waals surface area contributed by atoms with E-state index in [2.05, 4.69) is 0 Å². The van der Waals surface area contributed by atoms with Crippen LogP contribution in [0.25, 0.3) is 0 Å². The third-order valence-electron chi connectivity index (χ3n) is 1.14. The van der Waals surface area contributed by atoms with Gasteiger partial charge < -0.3 is 5.11 Å². The van der Waals surface area contributed by atoms with E-state index >= 15 is 0 Å². The number of hydrogen-bond donors (Lipinski definition) is 2. The number of rotatable bonds is 1. The molecule has 0 aliphatic heterocycles. The van der Waals surface area contributed by atoms with Crippen molar-refractivity contribution in [1.82, 2.24) is 0 Å². The molecule has 0 aromatic heterocycles. The van der Waals surface area contributed by atoms with E-state index in [-0.39, 0.29) is 29.6 Å². The molecule has 2 N–H and O–H groups in total. The number of aromatic hydroxyl groups is 1. The Morgan fingerprint density at radius 3 is 2.00 bits per heavy atom. The summed E-state index contributed by atoms with van der Waals surface area (Å²) in [6.45, 7) is 0. The van der Waals surface area contributed by atoms with Crippen LogP contribution in [0.5, 0.6) is 5.75 Å². The van der Waals surface area contributed by atoms with E-state index < -0.39 is 20.8 Å². The van der Waals surface area contributed by atoms with Crippen LogP contribution < -0.4 is 0 Å². The molecule has 0 aliphatic rings. The summed E-state index contributed by atoms with van der Waals surface area (Å²) < 4.78 is 29.4. The first-order chi connectivity index (χ1) is 5.02. The number of hydrogen-bond acceptors (Lipinski definition) is 3. The second kappa shape index (κ2) is 4.25. The van der Waals surface area contributed by atoms with Crippen molar-refractivity contribution >= 4 is 39.7 Å². The van der Waals surface area contributed by atoms with Gasteiger partial charge in [0.1, 0.15) is 10.6 Å². The zero-order chi connectivity index (χ0) is 8.48. The fourth-order valence-electron chi connectivity index (χ4n) is 0.675. The van der Waals surface area contributed by atoms with Gasteiger partial charge in [0, 0.05) is 0 Å². The summed E-state index contributed by atoms with van der Waals surface area (Å²) in [5.41, 5.74) is 0. The summed E-state index contributed by atoms with van der Waals surface area (Å²) in [7, 11) is -4.28. The molecule has 62 valence electrons. The Labute approximate surface area is 92.3 Å². The molecule has 6 heteroatoms. The van der Waals surface area contributed by atoms with Crippen LogP contribution in [-0.2, 0) is 10.1 Å². The molecule has 0 radical (unpaired) electrons. The van der Waals surface area contributed by atoms with E-state index in [1.165, 1.54) is 18.2 Å². The standard InChI is InChI=1S/C6H6O4S.Na.H/c7-5-3-1-2-4-6(5)11(8,9)10;;/h1-4,7H,(H,8,9,10);;. The predicted molar refractivity (Wildman–Crippen MR) is 45.1 cm³/mol. The molecule has 0 spiro atoms. The first-order valence-corrected chi connectivity index (χ1v) is 4.21. The Bertz CT molecular complexity index is 360. The molecular formula is C6H7NaO4S. The van der Waals surface area contributed by atoms with Crippen molar-refractivity contribution in [3.8, 4) is 5.75 Å². The zero-order valence-corrected chi connectivity index (χ0v) is 6.25. The molecule has 0 fully saturated rings. The molecule has 1 rings (SSSR count). The van der Waals surface area contributed by atoms with E-state index in [4.69, 9.17) is 9.66 Å². The summed E-state index contributed by atoms with van der Waals surface area (Å²) in [5, 5.41) is 8.91. The number of phenols is 1. The van der Waals surface area contributed by atoms with E-state index in [9.17, 15) is 8.42 Å². The third kappa shape index (κ3) is 2.76. The van der Waals surface area contributed by atoms with Gasteiger partial charge in [-0.15, -0.1) is 0 Å². The molecule has 12 heavy (non-hydrogen) atoms. The van der Waals surface area contributed by atoms with Gasteiger partial charge in [0.25, 0.3) is 10.1 Å². The molecule has 0 saturated carbocycles. The van der Waals surface area contributed by atoms with Crippen LogP contribution in [0.1, 0.15) is 0 Å². The molecule has 0 aliphatic carbocycles. The van der Waals surface area contributed by atoms with Crippen LogP contribution in [0.15, 0.2) is 29.2 Å². The zero-order valence-electron chi connectivity index (χ0n) is 5.43. The van der Waals surface area contributed by atoms with Gasteiger partial charge in [-0.05, 0) is 12.1 Å². The van der Waals surface area contributed by atoms with Gasteiger partial charge in [-0.3, -0.25) is 4.55 Å². The van der Waals surface area contributed by atoms with Gasteiger partial charge in [0.15, 0.2) is 0 Å². The van der Waals surface area contributed by atoms with Crippen molar-refractivity contribution in [3.05, 3.63) is 24.3 Å². The van der Waals surface area contributed by atoms with E-state index in [0.717, 1.165) is 6.07 Å². The van der Waals surface area contributed by atoms with Crippen LogP contribution in [0.2, 0.25) is 0 Å². The first-order valence-electron chi connectivity index (χ1n) is 2.77. The fraction of sp³-hybridized carbons (Fsp3) is 0. The quantitative estimate of drug-likeness (QED) is 0.491. The molecule has 0 bridgehead atoms. The second-order valence-corrected chi connectivity index (χ2v) is 3.33. The van der Waals surface area contributed by atoms with Crippen molar-refractivity contribution in [3.63, 3.8) is 0 Å². The second-order valence-electron chi connectivity index (χ2n) is 1.94.